The van der Waals surface area contributed by atoms with E-state index in [2.05, 4.69) is 4.98 Å². The average molecular weight is 319 g/mol. The van der Waals surface area contributed by atoms with E-state index in [-0.39, 0.29) is 17.4 Å². The number of aryl methyl sites for hydroxylation is 1. The second kappa shape index (κ2) is 7.44. The van der Waals surface area contributed by atoms with Gasteiger partial charge in [0, 0.05) is 50.9 Å². The maximum atomic E-state index is 12.6. The minimum Gasteiger partial charge on any atom is -0.349 e. The van der Waals surface area contributed by atoms with Crippen LogP contribution in [0.2, 0.25) is 0 Å². The van der Waals surface area contributed by atoms with Crippen molar-refractivity contribution in [1.82, 2.24) is 14.8 Å². The van der Waals surface area contributed by atoms with E-state index in [1.54, 1.807) is 32.0 Å². The van der Waals surface area contributed by atoms with Crippen LogP contribution in [0.1, 0.15) is 41.7 Å². The molecule has 1 fully saturated rings. The molecule has 0 aromatic carbocycles. The Morgan fingerprint density at radius 3 is 2.74 bits per heavy atom. The Kier molecular flexibility index (Phi) is 5.58. The van der Waals surface area contributed by atoms with E-state index in [0.29, 0.717) is 36.7 Å². The van der Waals surface area contributed by atoms with Crippen molar-refractivity contribution in [2.45, 2.75) is 32.6 Å². The Labute approximate surface area is 136 Å². The van der Waals surface area contributed by atoms with Crippen LogP contribution in [0.25, 0.3) is 0 Å². The van der Waals surface area contributed by atoms with Crippen molar-refractivity contribution in [3.8, 4) is 0 Å². The first-order valence-corrected chi connectivity index (χ1v) is 8.07. The van der Waals surface area contributed by atoms with Crippen LogP contribution < -0.4 is 5.56 Å². The lowest BCUT2D eigenvalue weighted by Crippen LogP contribution is -2.40. The lowest BCUT2D eigenvalue weighted by Gasteiger charge is -2.33. The molecule has 1 atom stereocenters. The summed E-state index contributed by atoms with van der Waals surface area (Å²) in [5.41, 5.74) is 0.876. The van der Waals surface area contributed by atoms with Gasteiger partial charge in [-0.3, -0.25) is 14.4 Å². The second-order valence-electron chi connectivity index (χ2n) is 6.50. The van der Waals surface area contributed by atoms with Gasteiger partial charge in [0.05, 0.1) is 0 Å². The van der Waals surface area contributed by atoms with Crippen LogP contribution in [0.3, 0.4) is 0 Å². The molecule has 1 aromatic rings. The fourth-order valence-electron chi connectivity index (χ4n) is 3.03. The molecule has 1 aliphatic rings. The molecule has 0 radical (unpaired) electrons. The van der Waals surface area contributed by atoms with Gasteiger partial charge in [0.15, 0.2) is 0 Å². The number of nitrogens with one attached hydrogen (secondary N) is 1. The normalized spacial score (nSPS) is 17.9. The Morgan fingerprint density at radius 1 is 1.35 bits per heavy atom. The second-order valence-corrected chi connectivity index (χ2v) is 6.50. The summed E-state index contributed by atoms with van der Waals surface area (Å²) < 4.78 is 0. The van der Waals surface area contributed by atoms with Crippen LogP contribution in [-0.2, 0) is 4.79 Å². The molecule has 0 spiro atoms. The molecule has 2 rings (SSSR count). The smallest absolute Gasteiger partial charge is 0.254 e. The highest BCUT2D eigenvalue weighted by Crippen LogP contribution is 2.22. The van der Waals surface area contributed by atoms with Crippen molar-refractivity contribution in [1.29, 1.82) is 0 Å². The van der Waals surface area contributed by atoms with E-state index in [4.69, 9.17) is 0 Å². The van der Waals surface area contributed by atoms with E-state index < -0.39 is 0 Å². The van der Waals surface area contributed by atoms with Crippen LogP contribution >= 0.6 is 0 Å². The third kappa shape index (κ3) is 4.68. The molecule has 1 saturated heterocycles. The first-order chi connectivity index (χ1) is 10.9. The molecule has 6 heteroatoms. The predicted octanol–water partition coefficient (Wildman–Crippen LogP) is 1.40. The van der Waals surface area contributed by atoms with Gasteiger partial charge in [-0.25, -0.2) is 0 Å². The highest BCUT2D eigenvalue weighted by atomic mass is 16.2. The van der Waals surface area contributed by atoms with E-state index in [0.717, 1.165) is 19.3 Å². The SMILES string of the molecule is Cc1cc(C(=O)N2CCC[C@H](CCC(=O)N(C)C)C2)cc(=O)[nH]1. The number of hydrogen-bond donors (Lipinski definition) is 1. The molecule has 2 heterocycles. The van der Waals surface area contributed by atoms with Gasteiger partial charge in [0.25, 0.3) is 5.91 Å². The third-order valence-corrected chi connectivity index (χ3v) is 4.30. The molecule has 126 valence electrons. The number of likely N-dealkylation sites (tertiary alicyclic amines) is 1. The van der Waals surface area contributed by atoms with Crippen molar-refractivity contribution < 1.29 is 9.59 Å². The lowest BCUT2D eigenvalue weighted by atomic mass is 9.92. The minimum atomic E-state index is -0.251. The summed E-state index contributed by atoms with van der Waals surface area (Å²) in [7, 11) is 3.52. The van der Waals surface area contributed by atoms with Gasteiger partial charge in [0.2, 0.25) is 11.5 Å². The summed E-state index contributed by atoms with van der Waals surface area (Å²) in [6.07, 6.45) is 3.30. The van der Waals surface area contributed by atoms with E-state index in [9.17, 15) is 14.4 Å². The molecule has 0 aliphatic carbocycles. The van der Waals surface area contributed by atoms with E-state index >= 15 is 0 Å². The Balaban J connectivity index is 1.98. The summed E-state index contributed by atoms with van der Waals surface area (Å²) in [5, 5.41) is 0. The van der Waals surface area contributed by atoms with Crippen molar-refractivity contribution in [3.63, 3.8) is 0 Å². The molecular weight excluding hydrogens is 294 g/mol. The Morgan fingerprint density at radius 2 is 2.09 bits per heavy atom. The summed E-state index contributed by atoms with van der Waals surface area (Å²) in [4.78, 5) is 41.9. The number of nitrogens with zero attached hydrogens (tertiary/aromatic N) is 2. The number of aromatic amines is 1. The third-order valence-electron chi connectivity index (χ3n) is 4.30. The summed E-state index contributed by atoms with van der Waals surface area (Å²) in [5.74, 6) is 0.376. The molecule has 0 bridgehead atoms. The summed E-state index contributed by atoms with van der Waals surface area (Å²) in [6, 6.07) is 3.07. The molecular formula is C17H25N3O3. The first-order valence-electron chi connectivity index (χ1n) is 8.07. The monoisotopic (exact) mass is 319 g/mol. The molecule has 1 aromatic heterocycles. The highest BCUT2D eigenvalue weighted by Gasteiger charge is 2.25. The van der Waals surface area contributed by atoms with Gasteiger partial charge in [-0.05, 0) is 38.2 Å². The lowest BCUT2D eigenvalue weighted by molar-refractivity contribution is -0.129. The van der Waals surface area contributed by atoms with Gasteiger partial charge >= 0.3 is 0 Å². The van der Waals surface area contributed by atoms with Crippen LogP contribution in [0.15, 0.2) is 16.9 Å². The van der Waals surface area contributed by atoms with Crippen molar-refractivity contribution in [2.24, 2.45) is 5.92 Å². The van der Waals surface area contributed by atoms with Crippen LogP contribution in [0.5, 0.6) is 0 Å². The molecule has 0 unspecified atom stereocenters. The number of piperidine rings is 1. The number of pyridine rings is 1. The topological polar surface area (TPSA) is 73.5 Å². The largest absolute Gasteiger partial charge is 0.349 e. The highest BCUT2D eigenvalue weighted by molar-refractivity contribution is 5.94. The summed E-state index contributed by atoms with van der Waals surface area (Å²) >= 11 is 0. The summed E-state index contributed by atoms with van der Waals surface area (Å²) in [6.45, 7) is 3.14. The molecule has 23 heavy (non-hydrogen) atoms. The molecule has 1 N–H and O–H groups in total. The number of carbonyl (C=O) groups excluding carboxylic acids is 2. The van der Waals surface area contributed by atoms with Crippen molar-refractivity contribution in [3.05, 3.63) is 33.7 Å². The Bertz CT molecular complexity index is 636. The van der Waals surface area contributed by atoms with E-state index in [1.807, 2.05) is 4.90 Å². The molecule has 0 saturated carbocycles. The van der Waals surface area contributed by atoms with Gasteiger partial charge in [-0.2, -0.15) is 0 Å². The van der Waals surface area contributed by atoms with Crippen molar-refractivity contribution >= 4 is 11.8 Å². The quantitative estimate of drug-likeness (QED) is 0.912. The van der Waals surface area contributed by atoms with Gasteiger partial charge in [-0.15, -0.1) is 0 Å². The number of carbonyl (C=O) groups is 2. The molecule has 1 aliphatic heterocycles. The maximum Gasteiger partial charge on any atom is 0.254 e. The minimum absolute atomic E-state index is 0.0946. The number of amides is 2. The zero-order valence-electron chi connectivity index (χ0n) is 14.1. The number of rotatable bonds is 4. The molecule has 2 amide bonds. The standard InChI is InChI=1S/C17H25N3O3/c1-12-9-14(10-15(21)18-12)17(23)20-8-4-5-13(11-20)6-7-16(22)19(2)3/h9-10,13H,4-8,11H2,1-3H3,(H,18,21)/t13-/m1/s1. The zero-order chi connectivity index (χ0) is 17.0. The van der Waals surface area contributed by atoms with Crippen LogP contribution in [0.4, 0.5) is 0 Å². The zero-order valence-corrected chi connectivity index (χ0v) is 14.1. The molecule has 6 nitrogen and oxygen atoms in total. The van der Waals surface area contributed by atoms with Gasteiger partial charge < -0.3 is 14.8 Å². The number of aromatic nitrogens is 1. The number of H-pyrrole nitrogens is 1. The van der Waals surface area contributed by atoms with Crippen LogP contribution in [0, 0.1) is 12.8 Å². The predicted molar refractivity (Wildman–Crippen MR) is 88.4 cm³/mol. The van der Waals surface area contributed by atoms with E-state index in [1.165, 1.54) is 6.07 Å². The Hall–Kier alpha value is -2.11. The average Bonchev–Trinajstić information content (AvgIpc) is 2.51. The first kappa shape index (κ1) is 17.2. The van der Waals surface area contributed by atoms with Crippen molar-refractivity contribution in [2.75, 3.05) is 27.2 Å². The fourth-order valence-corrected chi connectivity index (χ4v) is 3.03. The maximum absolute atomic E-state index is 12.6. The van der Waals surface area contributed by atoms with Crippen LogP contribution in [-0.4, -0.2) is 53.8 Å². The fraction of sp³-hybridized carbons (Fsp3) is 0.588. The van der Waals surface area contributed by atoms with Gasteiger partial charge in [0.1, 0.15) is 0 Å². The number of hydrogen-bond acceptors (Lipinski definition) is 3. The van der Waals surface area contributed by atoms with Gasteiger partial charge in [-0.1, -0.05) is 0 Å².